The van der Waals surface area contributed by atoms with Crippen molar-refractivity contribution in [1.82, 2.24) is 0 Å². The number of Topliss-reactive ketones (excluding diaryl/α,β-unsaturated/α-hetero) is 1. The second kappa shape index (κ2) is 9.90. The fourth-order valence-corrected chi connectivity index (χ4v) is 11.7. The van der Waals surface area contributed by atoms with E-state index in [9.17, 15) is 34.2 Å². The van der Waals surface area contributed by atoms with Gasteiger partial charge in [0.05, 0.1) is 49.6 Å². The number of carbonyl (C=O) groups is 5. The number of ketones is 1. The van der Waals surface area contributed by atoms with Crippen molar-refractivity contribution in [3.63, 3.8) is 0 Å². The van der Waals surface area contributed by atoms with Crippen LogP contribution in [0.15, 0.2) is 24.0 Å². The summed E-state index contributed by atoms with van der Waals surface area (Å²) in [5.41, 5.74) is -9.31. The van der Waals surface area contributed by atoms with Gasteiger partial charge in [-0.3, -0.25) is 14.4 Å². The van der Waals surface area contributed by atoms with Gasteiger partial charge in [0.25, 0.3) is 0 Å². The lowest BCUT2D eigenvalue weighted by Crippen LogP contribution is -2.80. The molecule has 15 atom stereocenters. The number of carbonyl (C=O) groups excluding carboxylic acids is 5. The number of esters is 4. The van der Waals surface area contributed by atoms with Crippen molar-refractivity contribution in [2.75, 3.05) is 20.3 Å². The van der Waals surface area contributed by atoms with Crippen LogP contribution in [0.5, 0.6) is 0 Å². The highest BCUT2D eigenvalue weighted by Crippen LogP contribution is 2.81. The van der Waals surface area contributed by atoms with E-state index in [4.69, 9.17) is 37.9 Å². The Morgan fingerprint density at radius 3 is 2.47 bits per heavy atom. The molecule has 2 bridgehead atoms. The zero-order chi connectivity index (χ0) is 35.3. The predicted molar refractivity (Wildman–Crippen MR) is 157 cm³/mol. The molecule has 15 heteroatoms. The van der Waals surface area contributed by atoms with Crippen molar-refractivity contribution >= 4 is 29.7 Å². The molecule has 0 amide bonds. The smallest absolute Gasteiger partial charge is 0.374 e. The normalized spacial score (nSPS) is 52.9. The van der Waals surface area contributed by atoms with Crippen LogP contribution in [0.4, 0.5) is 0 Å². The van der Waals surface area contributed by atoms with Gasteiger partial charge in [0.2, 0.25) is 12.1 Å². The molecule has 7 fully saturated rings. The van der Waals surface area contributed by atoms with Crippen molar-refractivity contribution in [3.05, 3.63) is 24.0 Å². The molecule has 8 rings (SSSR count). The van der Waals surface area contributed by atoms with Crippen LogP contribution in [0, 0.1) is 34.0 Å². The van der Waals surface area contributed by atoms with E-state index in [1.807, 2.05) is 0 Å². The molecular formula is C34H40O15. The summed E-state index contributed by atoms with van der Waals surface area (Å²) in [6, 6.07) is 0. The third-order valence-corrected chi connectivity index (χ3v) is 13.6. The fourth-order valence-electron chi connectivity index (χ4n) is 11.7. The number of hydrogen-bond donors (Lipinski definition) is 2. The lowest BCUT2D eigenvalue weighted by Gasteiger charge is -2.67. The molecular weight excluding hydrogens is 648 g/mol. The van der Waals surface area contributed by atoms with Gasteiger partial charge in [-0.2, -0.15) is 0 Å². The van der Waals surface area contributed by atoms with E-state index in [1.165, 1.54) is 19.3 Å². The Bertz CT molecular complexity index is 1640. The summed E-state index contributed by atoms with van der Waals surface area (Å²) < 4.78 is 47.9. The number of rotatable bonds is 5. The van der Waals surface area contributed by atoms with E-state index in [2.05, 4.69) is 0 Å². The van der Waals surface area contributed by atoms with Crippen LogP contribution in [0.2, 0.25) is 0 Å². The highest BCUT2D eigenvalue weighted by Gasteiger charge is 2.95. The second-order valence-electron chi connectivity index (χ2n) is 15.2. The number of ether oxygens (including phenoxy) is 8. The molecule has 2 N–H and O–H groups in total. The van der Waals surface area contributed by atoms with Crippen LogP contribution in [0.25, 0.3) is 0 Å². The van der Waals surface area contributed by atoms with Crippen molar-refractivity contribution in [3.8, 4) is 0 Å². The third kappa shape index (κ3) is 3.44. The Kier molecular flexibility index (Phi) is 6.63. The van der Waals surface area contributed by atoms with Gasteiger partial charge in [0.1, 0.15) is 35.4 Å². The maximum absolute atomic E-state index is 14.6. The maximum Gasteiger partial charge on any atom is 0.374 e. The summed E-state index contributed by atoms with van der Waals surface area (Å²) in [6.07, 6.45) is -2.99. The highest BCUT2D eigenvalue weighted by molar-refractivity contribution is 6.35. The zero-order valence-electron chi connectivity index (χ0n) is 28.0. The Labute approximate surface area is 281 Å². The first-order valence-corrected chi connectivity index (χ1v) is 16.6. The van der Waals surface area contributed by atoms with Gasteiger partial charge in [0.15, 0.2) is 5.60 Å². The summed E-state index contributed by atoms with van der Waals surface area (Å²) in [5, 5.41) is 24.5. The predicted octanol–water partition coefficient (Wildman–Crippen LogP) is 0.0310. The van der Waals surface area contributed by atoms with Crippen LogP contribution < -0.4 is 0 Å². The maximum atomic E-state index is 14.6. The number of fused-ring (bicyclic) bond motifs is 7. The van der Waals surface area contributed by atoms with Crippen LogP contribution >= 0.6 is 0 Å². The topological polar surface area (TPSA) is 203 Å². The van der Waals surface area contributed by atoms with Gasteiger partial charge < -0.3 is 48.1 Å². The summed E-state index contributed by atoms with van der Waals surface area (Å²) in [5.74, 6) is -7.84. The molecule has 4 saturated heterocycles. The Morgan fingerprint density at radius 1 is 1.06 bits per heavy atom. The molecule has 0 aromatic heterocycles. The molecule has 8 aliphatic rings. The van der Waals surface area contributed by atoms with E-state index >= 15 is 0 Å². The number of epoxide rings is 1. The SMILES string of the molecule is C/C=C(\C)C(=O)O[C@H]1C[C@@H](OC(C)=O)[C@@]2(C(=O)OC)CO[C@@H]3C2[C@]12COC(=O)C(=O)[C@H]2[C@](C)([C@]12O[C@@]1(C)[C@H]1C[C@@H]2O[C@H]2OC=C[C@@]21O)[C@@H]3O. The van der Waals surface area contributed by atoms with Gasteiger partial charge in [-0.1, -0.05) is 13.0 Å². The van der Waals surface area contributed by atoms with E-state index in [0.717, 1.165) is 7.11 Å². The van der Waals surface area contributed by atoms with Gasteiger partial charge >= 0.3 is 23.9 Å². The largest absolute Gasteiger partial charge is 0.469 e. The summed E-state index contributed by atoms with van der Waals surface area (Å²) in [4.78, 5) is 68.2. The van der Waals surface area contributed by atoms with Gasteiger partial charge in [0, 0.05) is 36.2 Å². The fraction of sp³-hybridized carbons (Fsp3) is 0.735. The van der Waals surface area contributed by atoms with E-state index in [0.29, 0.717) is 0 Å². The van der Waals surface area contributed by atoms with E-state index < -0.39 is 124 Å². The lowest BCUT2D eigenvalue weighted by atomic mass is 9.37. The second-order valence-corrected chi connectivity index (χ2v) is 15.2. The standard InChI is InChI=1S/C34H40O15/c1-7-14(2)25(38)47-17-11-18(46-15(3)35)32(27(40)42-6)13-44-21-23(32)31(17)12-45-26(39)20(36)22(31)29(4,24(21)37)34-19-10-16(30(34,5)49-34)33(41)8-9-43-28(33)48-19/h7-9,16-19,21-24,28,37,41H,10-13H2,1-6H3/b14-7+/t16-,17+,18-,19+,21-,22+,23?,24-,28-,29+,30+,31-,32+,33+,34+/m1/s1. The first-order valence-electron chi connectivity index (χ1n) is 16.6. The Balaban J connectivity index is 1.37. The van der Waals surface area contributed by atoms with Crippen LogP contribution in [-0.2, 0) is 61.9 Å². The first kappa shape index (κ1) is 32.8. The molecule has 0 aromatic rings. The van der Waals surface area contributed by atoms with Crippen molar-refractivity contribution in [2.45, 2.75) is 101 Å². The number of aliphatic hydroxyl groups is 2. The molecule has 5 heterocycles. The molecule has 49 heavy (non-hydrogen) atoms. The number of allylic oxidation sites excluding steroid dienone is 1. The van der Waals surface area contributed by atoms with Gasteiger partial charge in [-0.25, -0.2) is 9.59 Å². The van der Waals surface area contributed by atoms with Crippen molar-refractivity contribution < 1.29 is 72.1 Å². The molecule has 1 unspecified atom stereocenters. The van der Waals surface area contributed by atoms with Crippen LogP contribution in [-0.4, -0.2) is 114 Å². The van der Waals surface area contributed by atoms with Gasteiger partial charge in [-0.15, -0.1) is 0 Å². The molecule has 15 nitrogen and oxygen atoms in total. The minimum absolute atomic E-state index is 0.237. The first-order chi connectivity index (χ1) is 23.1. The molecule has 5 aliphatic heterocycles. The highest BCUT2D eigenvalue weighted by atomic mass is 16.7. The number of hydrogen-bond acceptors (Lipinski definition) is 15. The monoisotopic (exact) mass is 688 g/mol. The average molecular weight is 689 g/mol. The Morgan fingerprint density at radius 2 is 1.80 bits per heavy atom. The summed E-state index contributed by atoms with van der Waals surface area (Å²) in [7, 11) is 1.16. The van der Waals surface area contributed by atoms with E-state index in [-0.39, 0.29) is 25.0 Å². The van der Waals surface area contributed by atoms with Crippen LogP contribution in [0.3, 0.4) is 0 Å². The minimum Gasteiger partial charge on any atom is -0.469 e. The average Bonchev–Trinajstić information content (AvgIpc) is 3.32. The number of methoxy groups -OCH3 is 1. The summed E-state index contributed by atoms with van der Waals surface area (Å²) >= 11 is 0. The van der Waals surface area contributed by atoms with Crippen molar-refractivity contribution in [1.29, 1.82) is 0 Å². The third-order valence-electron chi connectivity index (χ3n) is 13.6. The van der Waals surface area contributed by atoms with Crippen molar-refractivity contribution in [2.24, 2.45) is 34.0 Å². The molecule has 0 aromatic carbocycles. The number of cyclic esters (lactones) is 1. The Hall–Kier alpha value is -3.37. The van der Waals surface area contributed by atoms with Crippen LogP contribution in [0.1, 0.15) is 47.5 Å². The number of aliphatic hydroxyl groups excluding tert-OH is 1. The molecule has 266 valence electrons. The molecule has 1 spiro atoms. The van der Waals surface area contributed by atoms with Gasteiger partial charge in [-0.05, 0) is 33.3 Å². The molecule has 0 radical (unpaired) electrons. The summed E-state index contributed by atoms with van der Waals surface area (Å²) in [6.45, 7) is 6.86. The molecule has 3 saturated carbocycles. The quantitative estimate of drug-likeness (QED) is 0.129. The molecule has 3 aliphatic carbocycles. The zero-order valence-corrected chi connectivity index (χ0v) is 28.0. The lowest BCUT2D eigenvalue weighted by molar-refractivity contribution is -0.306. The van der Waals surface area contributed by atoms with E-state index in [1.54, 1.807) is 33.8 Å². The minimum atomic E-state index is -1.80.